The SMILES string of the molecule is O=C(O)c1cc(SCc2ccccn2)cs1. The van der Waals surface area contributed by atoms with Gasteiger partial charge in [-0.05, 0) is 18.2 Å². The van der Waals surface area contributed by atoms with Crippen LogP contribution in [-0.2, 0) is 5.75 Å². The normalized spacial score (nSPS) is 10.2. The summed E-state index contributed by atoms with van der Waals surface area (Å²) in [6, 6.07) is 7.47. The Hall–Kier alpha value is -1.33. The zero-order valence-electron chi connectivity index (χ0n) is 8.29. The third-order valence-corrected chi connectivity index (χ3v) is 3.98. The minimum Gasteiger partial charge on any atom is -0.477 e. The van der Waals surface area contributed by atoms with Gasteiger partial charge in [-0.2, -0.15) is 0 Å². The Bertz CT molecular complexity index is 482. The molecule has 0 unspecified atom stereocenters. The van der Waals surface area contributed by atoms with E-state index in [1.165, 1.54) is 11.3 Å². The van der Waals surface area contributed by atoms with Crippen LogP contribution in [0, 0.1) is 0 Å². The van der Waals surface area contributed by atoms with Crippen LogP contribution in [0.15, 0.2) is 40.7 Å². The molecule has 2 heterocycles. The minimum absolute atomic E-state index is 0.378. The average molecular weight is 251 g/mol. The standard InChI is InChI=1S/C11H9NO2S2/c13-11(14)10-5-9(7-16-10)15-6-8-3-1-2-4-12-8/h1-5,7H,6H2,(H,13,14). The average Bonchev–Trinajstić information content (AvgIpc) is 2.76. The highest BCUT2D eigenvalue weighted by atomic mass is 32.2. The number of rotatable bonds is 4. The molecule has 82 valence electrons. The van der Waals surface area contributed by atoms with Gasteiger partial charge in [-0.1, -0.05) is 6.07 Å². The van der Waals surface area contributed by atoms with E-state index < -0.39 is 5.97 Å². The number of pyridine rings is 1. The van der Waals surface area contributed by atoms with Crippen molar-refractivity contribution < 1.29 is 9.90 Å². The summed E-state index contributed by atoms with van der Waals surface area (Å²) in [7, 11) is 0. The lowest BCUT2D eigenvalue weighted by atomic mass is 10.4. The highest BCUT2D eigenvalue weighted by Gasteiger charge is 2.07. The topological polar surface area (TPSA) is 50.2 Å². The first kappa shape index (κ1) is 11.2. The van der Waals surface area contributed by atoms with Crippen LogP contribution in [0.25, 0.3) is 0 Å². The number of aromatic carboxylic acids is 1. The molecular weight excluding hydrogens is 242 g/mol. The van der Waals surface area contributed by atoms with Gasteiger partial charge < -0.3 is 5.11 Å². The molecule has 0 fully saturated rings. The molecule has 0 saturated carbocycles. The molecule has 0 radical (unpaired) electrons. The summed E-state index contributed by atoms with van der Waals surface area (Å²) in [6.07, 6.45) is 1.76. The summed E-state index contributed by atoms with van der Waals surface area (Å²) in [6.45, 7) is 0. The molecule has 0 spiro atoms. The van der Waals surface area contributed by atoms with Crippen molar-refractivity contribution in [3.05, 3.63) is 46.4 Å². The number of carboxylic acid groups (broad SMARTS) is 1. The van der Waals surface area contributed by atoms with Crippen molar-refractivity contribution in [1.29, 1.82) is 0 Å². The van der Waals surface area contributed by atoms with Gasteiger partial charge in [-0.15, -0.1) is 23.1 Å². The van der Waals surface area contributed by atoms with Crippen molar-refractivity contribution >= 4 is 29.1 Å². The highest BCUT2D eigenvalue weighted by molar-refractivity contribution is 7.98. The number of hydrogen-bond acceptors (Lipinski definition) is 4. The third-order valence-electron chi connectivity index (χ3n) is 1.90. The van der Waals surface area contributed by atoms with Crippen molar-refractivity contribution in [3.63, 3.8) is 0 Å². The Balaban J connectivity index is 1.97. The van der Waals surface area contributed by atoms with E-state index in [1.54, 1.807) is 24.0 Å². The molecule has 0 saturated heterocycles. The second kappa shape index (κ2) is 5.14. The Kier molecular flexibility index (Phi) is 3.58. The molecule has 0 atom stereocenters. The van der Waals surface area contributed by atoms with E-state index >= 15 is 0 Å². The van der Waals surface area contributed by atoms with Crippen LogP contribution in [0.2, 0.25) is 0 Å². The smallest absolute Gasteiger partial charge is 0.345 e. The van der Waals surface area contributed by atoms with Gasteiger partial charge in [-0.3, -0.25) is 4.98 Å². The van der Waals surface area contributed by atoms with Gasteiger partial charge in [0.25, 0.3) is 0 Å². The largest absolute Gasteiger partial charge is 0.477 e. The molecule has 0 aliphatic heterocycles. The Morgan fingerprint density at radius 3 is 3.00 bits per heavy atom. The molecule has 5 heteroatoms. The van der Waals surface area contributed by atoms with Gasteiger partial charge in [0.2, 0.25) is 0 Å². The molecule has 16 heavy (non-hydrogen) atoms. The molecule has 2 rings (SSSR count). The van der Waals surface area contributed by atoms with Gasteiger partial charge in [0.15, 0.2) is 0 Å². The number of carboxylic acids is 1. The van der Waals surface area contributed by atoms with E-state index in [1.807, 2.05) is 23.6 Å². The fourth-order valence-electron chi connectivity index (χ4n) is 1.15. The molecule has 2 aromatic rings. The van der Waals surface area contributed by atoms with E-state index in [0.29, 0.717) is 4.88 Å². The fourth-order valence-corrected chi connectivity index (χ4v) is 2.93. The molecule has 0 aromatic carbocycles. The first-order valence-corrected chi connectivity index (χ1v) is 6.47. The van der Waals surface area contributed by atoms with Gasteiger partial charge in [0.1, 0.15) is 4.88 Å². The van der Waals surface area contributed by atoms with Crippen LogP contribution < -0.4 is 0 Å². The number of thiophene rings is 1. The van der Waals surface area contributed by atoms with E-state index in [4.69, 9.17) is 5.11 Å². The molecule has 2 aromatic heterocycles. The Morgan fingerprint density at radius 2 is 2.38 bits per heavy atom. The summed E-state index contributed by atoms with van der Waals surface area (Å²) < 4.78 is 0. The van der Waals surface area contributed by atoms with Crippen LogP contribution in [0.5, 0.6) is 0 Å². The fraction of sp³-hybridized carbons (Fsp3) is 0.0909. The first-order chi connectivity index (χ1) is 7.75. The number of nitrogens with zero attached hydrogens (tertiary/aromatic N) is 1. The quantitative estimate of drug-likeness (QED) is 0.848. The summed E-state index contributed by atoms with van der Waals surface area (Å²) in [5.41, 5.74) is 0.996. The second-order valence-corrected chi connectivity index (χ2v) is 5.02. The summed E-state index contributed by atoms with van der Waals surface area (Å²) in [5.74, 6) is -0.105. The first-order valence-electron chi connectivity index (χ1n) is 4.60. The zero-order chi connectivity index (χ0) is 11.4. The van der Waals surface area contributed by atoms with Crippen LogP contribution in [-0.4, -0.2) is 16.1 Å². The van der Waals surface area contributed by atoms with E-state index in [9.17, 15) is 4.79 Å². The maximum atomic E-state index is 10.7. The lowest BCUT2D eigenvalue weighted by Gasteiger charge is -1.97. The van der Waals surface area contributed by atoms with E-state index in [-0.39, 0.29) is 0 Å². The second-order valence-electron chi connectivity index (χ2n) is 3.06. The lowest BCUT2D eigenvalue weighted by molar-refractivity contribution is 0.0702. The van der Waals surface area contributed by atoms with Crippen LogP contribution in [0.4, 0.5) is 0 Å². The van der Waals surface area contributed by atoms with Crippen molar-refractivity contribution in [2.45, 2.75) is 10.6 Å². The van der Waals surface area contributed by atoms with Crippen LogP contribution in [0.1, 0.15) is 15.4 Å². The molecule has 0 aliphatic rings. The predicted molar refractivity (Wildman–Crippen MR) is 65.1 cm³/mol. The van der Waals surface area contributed by atoms with Crippen molar-refractivity contribution in [3.8, 4) is 0 Å². The number of aromatic nitrogens is 1. The molecule has 1 N–H and O–H groups in total. The zero-order valence-corrected chi connectivity index (χ0v) is 9.92. The van der Waals surface area contributed by atoms with Gasteiger partial charge in [0, 0.05) is 22.2 Å². The summed E-state index contributed by atoms with van der Waals surface area (Å²) >= 11 is 2.85. The molecule has 0 bridgehead atoms. The third kappa shape index (κ3) is 2.84. The number of hydrogen-bond donors (Lipinski definition) is 1. The minimum atomic E-state index is -0.866. The number of thioether (sulfide) groups is 1. The van der Waals surface area contributed by atoms with E-state index in [2.05, 4.69) is 4.98 Å². The van der Waals surface area contributed by atoms with Crippen LogP contribution >= 0.6 is 23.1 Å². The van der Waals surface area contributed by atoms with Gasteiger partial charge in [-0.25, -0.2) is 4.79 Å². The summed E-state index contributed by atoms with van der Waals surface area (Å²) in [5, 5.41) is 10.6. The molecular formula is C11H9NO2S2. The maximum absolute atomic E-state index is 10.7. The molecule has 0 amide bonds. The lowest BCUT2D eigenvalue weighted by Crippen LogP contribution is -1.89. The van der Waals surface area contributed by atoms with Crippen molar-refractivity contribution in [1.82, 2.24) is 4.98 Å². The molecule has 0 aliphatic carbocycles. The Morgan fingerprint density at radius 1 is 1.50 bits per heavy atom. The molecule has 3 nitrogen and oxygen atoms in total. The highest BCUT2D eigenvalue weighted by Crippen LogP contribution is 2.27. The summed E-state index contributed by atoms with van der Waals surface area (Å²) in [4.78, 5) is 16.2. The monoisotopic (exact) mass is 251 g/mol. The Labute approximate surface area is 101 Å². The predicted octanol–water partition coefficient (Wildman–Crippen LogP) is 3.13. The number of carbonyl (C=O) groups is 1. The maximum Gasteiger partial charge on any atom is 0.345 e. The van der Waals surface area contributed by atoms with Crippen molar-refractivity contribution in [2.24, 2.45) is 0 Å². The van der Waals surface area contributed by atoms with Crippen molar-refractivity contribution in [2.75, 3.05) is 0 Å². The van der Waals surface area contributed by atoms with Crippen LogP contribution in [0.3, 0.4) is 0 Å². The van der Waals surface area contributed by atoms with Gasteiger partial charge >= 0.3 is 5.97 Å². The van der Waals surface area contributed by atoms with Gasteiger partial charge in [0.05, 0.1) is 5.69 Å². The van der Waals surface area contributed by atoms with E-state index in [0.717, 1.165) is 16.3 Å².